The van der Waals surface area contributed by atoms with Crippen LogP contribution in [0.15, 0.2) is 6.20 Å². The van der Waals surface area contributed by atoms with Gasteiger partial charge < -0.3 is 5.32 Å². The zero-order valence-electron chi connectivity index (χ0n) is 9.33. The monoisotopic (exact) mass is 227 g/mol. The first-order valence-electron chi connectivity index (χ1n) is 5.56. The average Bonchev–Trinajstić information content (AvgIpc) is 2.53. The smallest absolute Gasteiger partial charge is 0.0818 e. The molecular formula is C11H18ClN3. The fraction of sp³-hybridized carbons (Fsp3) is 0.727. The van der Waals surface area contributed by atoms with Crippen LogP contribution in [0, 0.1) is 5.92 Å². The lowest BCUT2D eigenvalue weighted by Crippen LogP contribution is -2.39. The van der Waals surface area contributed by atoms with Crippen molar-refractivity contribution in [3.05, 3.63) is 16.9 Å². The number of nitrogens with zero attached hydrogens (tertiary/aromatic N) is 2. The standard InChI is InChI=1S/C11H18ClN3/c1-8-3-4-9(13-6-8)5-11-10(12)7-14-15(11)2/h7-9,13H,3-6H2,1-2H3. The van der Waals surface area contributed by atoms with E-state index >= 15 is 0 Å². The second-order valence-electron chi connectivity index (χ2n) is 4.55. The number of nitrogens with one attached hydrogen (secondary N) is 1. The summed E-state index contributed by atoms with van der Waals surface area (Å²) in [6, 6.07) is 0.564. The van der Waals surface area contributed by atoms with Crippen molar-refractivity contribution < 1.29 is 0 Å². The van der Waals surface area contributed by atoms with Crippen LogP contribution in [0.25, 0.3) is 0 Å². The van der Waals surface area contributed by atoms with Gasteiger partial charge in [0, 0.05) is 19.5 Å². The van der Waals surface area contributed by atoms with E-state index in [1.54, 1.807) is 6.20 Å². The zero-order valence-corrected chi connectivity index (χ0v) is 10.1. The zero-order chi connectivity index (χ0) is 10.8. The van der Waals surface area contributed by atoms with E-state index in [1.807, 2.05) is 11.7 Å². The molecule has 84 valence electrons. The van der Waals surface area contributed by atoms with Crippen LogP contribution in [-0.2, 0) is 13.5 Å². The third-order valence-electron chi connectivity index (χ3n) is 3.21. The molecule has 1 saturated heterocycles. The quantitative estimate of drug-likeness (QED) is 0.838. The number of aryl methyl sites for hydroxylation is 1. The van der Waals surface area contributed by atoms with Gasteiger partial charge in [-0.25, -0.2) is 0 Å². The van der Waals surface area contributed by atoms with Crippen LogP contribution in [0.5, 0.6) is 0 Å². The largest absolute Gasteiger partial charge is 0.313 e. The molecule has 15 heavy (non-hydrogen) atoms. The highest BCUT2D eigenvalue weighted by Crippen LogP contribution is 2.20. The molecule has 2 heterocycles. The van der Waals surface area contributed by atoms with Crippen LogP contribution < -0.4 is 5.32 Å². The highest BCUT2D eigenvalue weighted by atomic mass is 35.5. The van der Waals surface area contributed by atoms with Crippen molar-refractivity contribution in [2.45, 2.75) is 32.2 Å². The van der Waals surface area contributed by atoms with Crippen molar-refractivity contribution in [3.63, 3.8) is 0 Å². The third kappa shape index (κ3) is 2.52. The summed E-state index contributed by atoms with van der Waals surface area (Å²) in [5.41, 5.74) is 1.14. The van der Waals surface area contributed by atoms with Crippen LogP contribution in [-0.4, -0.2) is 22.4 Å². The number of piperidine rings is 1. The van der Waals surface area contributed by atoms with Gasteiger partial charge in [0.2, 0.25) is 0 Å². The molecule has 1 fully saturated rings. The molecule has 3 nitrogen and oxygen atoms in total. The summed E-state index contributed by atoms with van der Waals surface area (Å²) in [6.07, 6.45) is 5.26. The number of hydrogen-bond donors (Lipinski definition) is 1. The maximum Gasteiger partial charge on any atom is 0.0818 e. The summed E-state index contributed by atoms with van der Waals surface area (Å²) in [5.74, 6) is 0.809. The molecule has 2 atom stereocenters. The van der Waals surface area contributed by atoms with Crippen molar-refractivity contribution in [2.24, 2.45) is 13.0 Å². The van der Waals surface area contributed by atoms with Gasteiger partial charge in [-0.3, -0.25) is 4.68 Å². The van der Waals surface area contributed by atoms with Crippen LogP contribution in [0.3, 0.4) is 0 Å². The summed E-state index contributed by atoms with van der Waals surface area (Å²) in [5, 5.41) is 8.51. The van der Waals surface area contributed by atoms with Gasteiger partial charge in [-0.2, -0.15) is 5.10 Å². The summed E-state index contributed by atoms with van der Waals surface area (Å²) in [4.78, 5) is 0. The summed E-state index contributed by atoms with van der Waals surface area (Å²) in [6.45, 7) is 3.42. The molecule has 0 aromatic carbocycles. The summed E-state index contributed by atoms with van der Waals surface area (Å²) in [7, 11) is 1.95. The van der Waals surface area contributed by atoms with Crippen molar-refractivity contribution in [1.29, 1.82) is 0 Å². The third-order valence-corrected chi connectivity index (χ3v) is 3.53. The normalized spacial score (nSPS) is 26.9. The highest BCUT2D eigenvalue weighted by molar-refractivity contribution is 6.31. The van der Waals surface area contributed by atoms with Gasteiger partial charge in [-0.15, -0.1) is 0 Å². The van der Waals surface area contributed by atoms with Gasteiger partial charge in [0.15, 0.2) is 0 Å². The fourth-order valence-electron chi connectivity index (χ4n) is 2.13. The van der Waals surface area contributed by atoms with E-state index in [-0.39, 0.29) is 0 Å². The Hall–Kier alpha value is -0.540. The molecule has 0 amide bonds. The second kappa shape index (κ2) is 4.54. The Labute approximate surface area is 95.8 Å². The second-order valence-corrected chi connectivity index (χ2v) is 4.96. The molecule has 2 rings (SSSR count). The van der Waals surface area contributed by atoms with Gasteiger partial charge in [-0.05, 0) is 25.3 Å². The molecule has 4 heteroatoms. The predicted molar refractivity (Wildman–Crippen MR) is 62.1 cm³/mol. The fourth-order valence-corrected chi connectivity index (χ4v) is 2.37. The lowest BCUT2D eigenvalue weighted by molar-refractivity contribution is 0.323. The van der Waals surface area contributed by atoms with Crippen LogP contribution in [0.1, 0.15) is 25.5 Å². The molecule has 0 bridgehead atoms. The predicted octanol–water partition coefficient (Wildman–Crippen LogP) is 2.00. The lowest BCUT2D eigenvalue weighted by atomic mass is 9.94. The maximum atomic E-state index is 6.08. The first-order valence-corrected chi connectivity index (χ1v) is 5.94. The minimum Gasteiger partial charge on any atom is -0.313 e. The SMILES string of the molecule is CC1CCC(Cc2c(Cl)cnn2C)NC1. The minimum absolute atomic E-state index is 0.564. The molecule has 0 aliphatic carbocycles. The Bertz CT molecular complexity index is 307. The van der Waals surface area contributed by atoms with Crippen molar-refractivity contribution in [3.8, 4) is 0 Å². The van der Waals surface area contributed by atoms with E-state index in [4.69, 9.17) is 11.6 Å². The number of hydrogen-bond acceptors (Lipinski definition) is 2. The average molecular weight is 228 g/mol. The molecule has 0 radical (unpaired) electrons. The van der Waals surface area contributed by atoms with Crippen molar-refractivity contribution >= 4 is 11.6 Å². The summed E-state index contributed by atoms with van der Waals surface area (Å²) >= 11 is 6.08. The first-order chi connectivity index (χ1) is 7.16. The molecule has 2 unspecified atom stereocenters. The number of rotatable bonds is 2. The number of aromatic nitrogens is 2. The Kier molecular flexibility index (Phi) is 3.32. The van der Waals surface area contributed by atoms with E-state index < -0.39 is 0 Å². The molecule has 0 spiro atoms. The Morgan fingerprint density at radius 1 is 1.60 bits per heavy atom. The van der Waals surface area contributed by atoms with Gasteiger partial charge in [-0.1, -0.05) is 18.5 Å². The molecule has 1 aliphatic heterocycles. The van der Waals surface area contributed by atoms with Gasteiger partial charge in [0.25, 0.3) is 0 Å². The van der Waals surface area contributed by atoms with Crippen LogP contribution in [0.4, 0.5) is 0 Å². The topological polar surface area (TPSA) is 29.9 Å². The van der Waals surface area contributed by atoms with E-state index in [2.05, 4.69) is 17.3 Å². The van der Waals surface area contributed by atoms with Crippen molar-refractivity contribution in [2.75, 3.05) is 6.54 Å². The van der Waals surface area contributed by atoms with Gasteiger partial charge in [0.05, 0.1) is 16.9 Å². The van der Waals surface area contributed by atoms with Gasteiger partial charge in [0.1, 0.15) is 0 Å². The van der Waals surface area contributed by atoms with Crippen LogP contribution in [0.2, 0.25) is 5.02 Å². The van der Waals surface area contributed by atoms with E-state index in [9.17, 15) is 0 Å². The molecule has 1 aromatic heterocycles. The Morgan fingerprint density at radius 2 is 2.40 bits per heavy atom. The maximum absolute atomic E-state index is 6.08. The lowest BCUT2D eigenvalue weighted by Gasteiger charge is -2.27. The molecule has 1 aromatic rings. The van der Waals surface area contributed by atoms with E-state index in [0.717, 1.165) is 29.6 Å². The number of halogens is 1. The highest BCUT2D eigenvalue weighted by Gasteiger charge is 2.19. The summed E-state index contributed by atoms with van der Waals surface area (Å²) < 4.78 is 1.88. The van der Waals surface area contributed by atoms with E-state index in [0.29, 0.717) is 6.04 Å². The molecular weight excluding hydrogens is 210 g/mol. The van der Waals surface area contributed by atoms with Crippen LogP contribution >= 0.6 is 11.6 Å². The van der Waals surface area contributed by atoms with Gasteiger partial charge >= 0.3 is 0 Å². The molecule has 1 N–H and O–H groups in total. The first kappa shape index (κ1) is 11.0. The Balaban J connectivity index is 1.97. The van der Waals surface area contributed by atoms with E-state index in [1.165, 1.54) is 12.8 Å². The minimum atomic E-state index is 0.564. The molecule has 1 aliphatic rings. The molecule has 0 saturated carbocycles. The van der Waals surface area contributed by atoms with Crippen molar-refractivity contribution in [1.82, 2.24) is 15.1 Å². The Morgan fingerprint density at radius 3 is 2.93 bits per heavy atom.